The normalized spacial score (nSPS) is 10.2. The lowest BCUT2D eigenvalue weighted by Crippen LogP contribution is -2.14. The smallest absolute Gasteiger partial charge is 0.276 e. The van der Waals surface area contributed by atoms with Gasteiger partial charge >= 0.3 is 0 Å². The molecule has 0 saturated carbocycles. The van der Waals surface area contributed by atoms with Crippen molar-refractivity contribution in [3.63, 3.8) is 0 Å². The standard InChI is InChI=1S/C11H11FN4O/c1-16-5-4-10(15-16)11(17)14-9-3-2-7(12)6-8(9)13/h2-6H,13H2,1H3,(H,14,17). The summed E-state index contributed by atoms with van der Waals surface area (Å²) in [6, 6.07) is 5.36. The molecule has 1 heterocycles. The van der Waals surface area contributed by atoms with Gasteiger partial charge in [0.15, 0.2) is 5.69 Å². The van der Waals surface area contributed by atoms with E-state index in [-0.39, 0.29) is 17.3 Å². The van der Waals surface area contributed by atoms with Gasteiger partial charge in [0, 0.05) is 13.2 Å². The molecular formula is C11H11FN4O. The molecule has 0 fully saturated rings. The number of nitrogens with zero attached hydrogens (tertiary/aromatic N) is 2. The largest absolute Gasteiger partial charge is 0.397 e. The zero-order valence-corrected chi connectivity index (χ0v) is 9.14. The second-order valence-electron chi connectivity index (χ2n) is 3.56. The average molecular weight is 234 g/mol. The number of carbonyl (C=O) groups is 1. The number of nitrogens with two attached hydrogens (primary N) is 1. The van der Waals surface area contributed by atoms with Crippen LogP contribution in [0.25, 0.3) is 0 Å². The second kappa shape index (κ2) is 4.25. The van der Waals surface area contributed by atoms with Crippen molar-refractivity contribution in [2.24, 2.45) is 7.05 Å². The molecular weight excluding hydrogens is 223 g/mol. The minimum Gasteiger partial charge on any atom is -0.397 e. The topological polar surface area (TPSA) is 72.9 Å². The van der Waals surface area contributed by atoms with Crippen LogP contribution in [0.2, 0.25) is 0 Å². The van der Waals surface area contributed by atoms with Crippen molar-refractivity contribution in [2.45, 2.75) is 0 Å². The van der Waals surface area contributed by atoms with Gasteiger partial charge in [-0.3, -0.25) is 9.48 Å². The first-order valence-corrected chi connectivity index (χ1v) is 4.92. The van der Waals surface area contributed by atoms with Crippen LogP contribution in [0.3, 0.4) is 0 Å². The Morgan fingerprint density at radius 3 is 2.82 bits per heavy atom. The van der Waals surface area contributed by atoms with E-state index in [1.165, 1.54) is 16.8 Å². The van der Waals surface area contributed by atoms with Gasteiger partial charge in [-0.15, -0.1) is 0 Å². The Labute approximate surface area is 97.0 Å². The third kappa shape index (κ3) is 2.41. The third-order valence-electron chi connectivity index (χ3n) is 2.21. The molecule has 1 aromatic heterocycles. The highest BCUT2D eigenvalue weighted by Crippen LogP contribution is 2.19. The van der Waals surface area contributed by atoms with Crippen molar-refractivity contribution in [1.82, 2.24) is 9.78 Å². The van der Waals surface area contributed by atoms with Gasteiger partial charge in [-0.05, 0) is 24.3 Å². The predicted octanol–water partition coefficient (Wildman–Crippen LogP) is 1.39. The van der Waals surface area contributed by atoms with Gasteiger partial charge in [-0.2, -0.15) is 5.10 Å². The van der Waals surface area contributed by atoms with Crippen molar-refractivity contribution in [1.29, 1.82) is 0 Å². The molecule has 1 amide bonds. The van der Waals surface area contributed by atoms with E-state index in [2.05, 4.69) is 10.4 Å². The van der Waals surface area contributed by atoms with Crippen molar-refractivity contribution in [3.05, 3.63) is 42.0 Å². The maximum Gasteiger partial charge on any atom is 0.276 e. The molecule has 0 spiro atoms. The molecule has 6 heteroatoms. The lowest BCUT2D eigenvalue weighted by atomic mass is 10.2. The van der Waals surface area contributed by atoms with Gasteiger partial charge in [0.25, 0.3) is 5.91 Å². The number of carbonyl (C=O) groups excluding carboxylic acids is 1. The molecule has 0 atom stereocenters. The number of nitrogens with one attached hydrogen (secondary N) is 1. The van der Waals surface area contributed by atoms with Crippen LogP contribution >= 0.6 is 0 Å². The summed E-state index contributed by atoms with van der Waals surface area (Å²) >= 11 is 0. The van der Waals surface area contributed by atoms with Gasteiger partial charge in [-0.25, -0.2) is 4.39 Å². The first kappa shape index (κ1) is 11.1. The number of anilines is 2. The number of hydrogen-bond acceptors (Lipinski definition) is 3. The van der Waals surface area contributed by atoms with Crippen LogP contribution in [0.1, 0.15) is 10.5 Å². The molecule has 0 unspecified atom stereocenters. The number of nitrogen functional groups attached to an aromatic ring is 1. The van der Waals surface area contributed by atoms with Crippen LogP contribution in [-0.4, -0.2) is 15.7 Å². The van der Waals surface area contributed by atoms with E-state index in [4.69, 9.17) is 5.73 Å². The summed E-state index contributed by atoms with van der Waals surface area (Å²) in [6.45, 7) is 0. The lowest BCUT2D eigenvalue weighted by Gasteiger charge is -2.06. The number of halogens is 1. The molecule has 0 saturated heterocycles. The van der Waals surface area contributed by atoms with Gasteiger partial charge in [0.05, 0.1) is 11.4 Å². The first-order valence-electron chi connectivity index (χ1n) is 4.92. The van der Waals surface area contributed by atoms with Gasteiger partial charge in [0.2, 0.25) is 0 Å². The Balaban J connectivity index is 2.18. The summed E-state index contributed by atoms with van der Waals surface area (Å²) in [5, 5.41) is 6.50. The number of amides is 1. The molecule has 2 aromatic rings. The van der Waals surface area contributed by atoms with E-state index >= 15 is 0 Å². The zero-order chi connectivity index (χ0) is 12.4. The maximum absolute atomic E-state index is 12.8. The Hall–Kier alpha value is -2.37. The van der Waals surface area contributed by atoms with Gasteiger partial charge in [0.1, 0.15) is 5.82 Å². The van der Waals surface area contributed by atoms with Crippen LogP contribution in [0.15, 0.2) is 30.5 Å². The van der Waals surface area contributed by atoms with Gasteiger partial charge < -0.3 is 11.1 Å². The number of aryl methyl sites for hydroxylation is 1. The quantitative estimate of drug-likeness (QED) is 0.771. The summed E-state index contributed by atoms with van der Waals surface area (Å²) in [5.74, 6) is -0.831. The summed E-state index contributed by atoms with van der Waals surface area (Å²) in [7, 11) is 1.71. The number of rotatable bonds is 2. The molecule has 88 valence electrons. The fourth-order valence-electron chi connectivity index (χ4n) is 1.37. The van der Waals surface area contributed by atoms with Crippen LogP contribution in [0.5, 0.6) is 0 Å². The van der Waals surface area contributed by atoms with Crippen molar-refractivity contribution >= 4 is 17.3 Å². The fourth-order valence-corrected chi connectivity index (χ4v) is 1.37. The van der Waals surface area contributed by atoms with E-state index in [9.17, 15) is 9.18 Å². The minimum absolute atomic E-state index is 0.175. The molecule has 5 nitrogen and oxygen atoms in total. The highest BCUT2D eigenvalue weighted by Gasteiger charge is 2.10. The fraction of sp³-hybridized carbons (Fsp3) is 0.0909. The molecule has 0 radical (unpaired) electrons. The number of benzene rings is 1. The minimum atomic E-state index is -0.446. The Bertz CT molecular complexity index is 564. The Morgan fingerprint density at radius 2 is 2.24 bits per heavy atom. The molecule has 0 bridgehead atoms. The Kier molecular flexibility index (Phi) is 2.78. The van der Waals surface area contributed by atoms with E-state index in [1.807, 2.05) is 0 Å². The molecule has 0 aliphatic rings. The molecule has 0 aliphatic heterocycles. The summed E-state index contributed by atoms with van der Waals surface area (Å²) in [6.07, 6.45) is 1.66. The number of aromatic nitrogens is 2. The predicted molar refractivity (Wildman–Crippen MR) is 62.0 cm³/mol. The highest BCUT2D eigenvalue weighted by atomic mass is 19.1. The van der Waals surface area contributed by atoms with E-state index in [1.54, 1.807) is 19.3 Å². The molecule has 0 aliphatic carbocycles. The van der Waals surface area contributed by atoms with E-state index < -0.39 is 5.82 Å². The van der Waals surface area contributed by atoms with Crippen molar-refractivity contribution in [3.8, 4) is 0 Å². The second-order valence-corrected chi connectivity index (χ2v) is 3.56. The monoisotopic (exact) mass is 234 g/mol. The van der Waals surface area contributed by atoms with E-state index in [0.29, 0.717) is 5.69 Å². The highest BCUT2D eigenvalue weighted by molar-refractivity contribution is 6.04. The maximum atomic E-state index is 12.8. The average Bonchev–Trinajstić information content (AvgIpc) is 2.69. The summed E-state index contributed by atoms with van der Waals surface area (Å²) in [5.41, 5.74) is 6.39. The number of hydrogen-bond donors (Lipinski definition) is 2. The molecule has 1 aromatic carbocycles. The molecule has 2 rings (SSSR count). The third-order valence-corrected chi connectivity index (χ3v) is 2.21. The summed E-state index contributed by atoms with van der Waals surface area (Å²) < 4.78 is 14.3. The first-order chi connectivity index (χ1) is 8.06. The van der Waals surface area contributed by atoms with Crippen LogP contribution in [-0.2, 0) is 7.05 Å². The van der Waals surface area contributed by atoms with Gasteiger partial charge in [-0.1, -0.05) is 0 Å². The Morgan fingerprint density at radius 1 is 1.47 bits per heavy atom. The molecule has 17 heavy (non-hydrogen) atoms. The molecule has 3 N–H and O–H groups in total. The summed E-state index contributed by atoms with van der Waals surface area (Å²) in [4.78, 5) is 11.7. The van der Waals surface area contributed by atoms with Crippen molar-refractivity contribution < 1.29 is 9.18 Å². The van der Waals surface area contributed by atoms with Crippen LogP contribution < -0.4 is 11.1 Å². The SMILES string of the molecule is Cn1ccc(C(=O)Nc2ccc(F)cc2N)n1. The lowest BCUT2D eigenvalue weighted by molar-refractivity contribution is 0.102. The van der Waals surface area contributed by atoms with Crippen LogP contribution in [0.4, 0.5) is 15.8 Å². The van der Waals surface area contributed by atoms with Crippen molar-refractivity contribution in [2.75, 3.05) is 11.1 Å². The van der Waals surface area contributed by atoms with Crippen LogP contribution in [0, 0.1) is 5.82 Å². The van der Waals surface area contributed by atoms with E-state index in [0.717, 1.165) is 6.07 Å². The zero-order valence-electron chi connectivity index (χ0n) is 9.14.